The number of benzene rings is 2. The SMILES string of the molecule is CCOC(=O)[C@@H](Sc1nnc(-c2cccc(C)c2)n1CC)c1ccccc1. The summed E-state index contributed by atoms with van der Waals surface area (Å²) in [4.78, 5) is 12.6. The van der Waals surface area contributed by atoms with Gasteiger partial charge in [-0.05, 0) is 32.4 Å². The van der Waals surface area contributed by atoms with Crippen molar-refractivity contribution >= 4 is 17.7 Å². The van der Waals surface area contributed by atoms with E-state index in [0.29, 0.717) is 18.3 Å². The van der Waals surface area contributed by atoms with Crippen LogP contribution in [-0.4, -0.2) is 27.3 Å². The van der Waals surface area contributed by atoms with E-state index in [0.717, 1.165) is 17.0 Å². The third-order valence-corrected chi connectivity index (χ3v) is 5.35. The second kappa shape index (κ2) is 8.86. The lowest BCUT2D eigenvalue weighted by Crippen LogP contribution is -2.14. The molecule has 0 fully saturated rings. The van der Waals surface area contributed by atoms with Crippen LogP contribution in [-0.2, 0) is 16.1 Å². The smallest absolute Gasteiger partial charge is 0.324 e. The molecule has 27 heavy (non-hydrogen) atoms. The summed E-state index contributed by atoms with van der Waals surface area (Å²) in [6.45, 7) is 6.97. The van der Waals surface area contributed by atoms with E-state index in [1.807, 2.05) is 54.0 Å². The van der Waals surface area contributed by atoms with Gasteiger partial charge in [0.05, 0.1) is 6.61 Å². The molecule has 0 saturated heterocycles. The molecular weight excluding hydrogens is 358 g/mol. The Bertz CT molecular complexity index is 909. The highest BCUT2D eigenvalue weighted by molar-refractivity contribution is 8.00. The summed E-state index contributed by atoms with van der Waals surface area (Å²) < 4.78 is 7.33. The molecule has 5 nitrogen and oxygen atoms in total. The number of esters is 1. The van der Waals surface area contributed by atoms with Gasteiger partial charge in [-0.15, -0.1) is 10.2 Å². The highest BCUT2D eigenvalue weighted by Crippen LogP contribution is 2.36. The molecule has 0 aliphatic rings. The molecular formula is C21H23N3O2S. The van der Waals surface area contributed by atoms with Crippen molar-refractivity contribution in [2.75, 3.05) is 6.61 Å². The number of nitrogens with zero attached hydrogens (tertiary/aromatic N) is 3. The number of aromatic nitrogens is 3. The number of ether oxygens (including phenoxy) is 1. The monoisotopic (exact) mass is 381 g/mol. The van der Waals surface area contributed by atoms with Crippen molar-refractivity contribution in [3.63, 3.8) is 0 Å². The van der Waals surface area contributed by atoms with Crippen molar-refractivity contribution in [1.82, 2.24) is 14.8 Å². The first kappa shape index (κ1) is 19.2. The minimum absolute atomic E-state index is 0.267. The summed E-state index contributed by atoms with van der Waals surface area (Å²) in [5.74, 6) is 0.538. The predicted octanol–water partition coefficient (Wildman–Crippen LogP) is 4.67. The Hall–Kier alpha value is -2.60. The minimum atomic E-state index is -0.481. The first-order valence-electron chi connectivity index (χ1n) is 9.02. The molecule has 140 valence electrons. The van der Waals surface area contributed by atoms with E-state index >= 15 is 0 Å². The van der Waals surface area contributed by atoms with Gasteiger partial charge in [-0.2, -0.15) is 0 Å². The van der Waals surface area contributed by atoms with E-state index in [9.17, 15) is 4.79 Å². The van der Waals surface area contributed by atoms with Crippen LogP contribution >= 0.6 is 11.8 Å². The van der Waals surface area contributed by atoms with Gasteiger partial charge in [0.2, 0.25) is 0 Å². The zero-order valence-electron chi connectivity index (χ0n) is 15.8. The van der Waals surface area contributed by atoms with Crippen LogP contribution < -0.4 is 0 Å². The number of hydrogen-bond acceptors (Lipinski definition) is 5. The normalized spacial score (nSPS) is 12.0. The molecule has 0 aliphatic carbocycles. The third-order valence-electron chi connectivity index (χ3n) is 4.14. The van der Waals surface area contributed by atoms with Crippen molar-refractivity contribution in [3.8, 4) is 11.4 Å². The van der Waals surface area contributed by atoms with Crippen molar-refractivity contribution < 1.29 is 9.53 Å². The van der Waals surface area contributed by atoms with Crippen molar-refractivity contribution in [3.05, 3.63) is 65.7 Å². The van der Waals surface area contributed by atoms with Crippen LogP contribution in [0.4, 0.5) is 0 Å². The van der Waals surface area contributed by atoms with E-state index in [-0.39, 0.29) is 5.97 Å². The standard InChI is InChI=1S/C21H23N3O2S/c1-4-24-19(17-13-9-10-15(3)14-17)22-23-21(24)27-18(20(25)26-5-2)16-11-7-6-8-12-16/h6-14,18H,4-5H2,1-3H3/t18-/m0/s1. The fourth-order valence-corrected chi connectivity index (χ4v) is 3.96. The molecule has 0 radical (unpaired) electrons. The van der Waals surface area contributed by atoms with Gasteiger partial charge < -0.3 is 9.30 Å². The second-order valence-corrected chi connectivity index (χ2v) is 7.15. The van der Waals surface area contributed by atoms with Gasteiger partial charge >= 0.3 is 5.97 Å². The number of rotatable bonds is 7. The summed E-state index contributed by atoms with van der Waals surface area (Å²) in [7, 11) is 0. The Morgan fingerprint density at radius 1 is 1.11 bits per heavy atom. The quantitative estimate of drug-likeness (QED) is 0.440. The predicted molar refractivity (Wildman–Crippen MR) is 108 cm³/mol. The molecule has 2 aromatic carbocycles. The summed E-state index contributed by atoms with van der Waals surface area (Å²) in [5, 5.41) is 8.98. The van der Waals surface area contributed by atoms with Gasteiger partial charge in [0.15, 0.2) is 11.0 Å². The van der Waals surface area contributed by atoms with Crippen LogP contribution in [0.5, 0.6) is 0 Å². The largest absolute Gasteiger partial charge is 0.465 e. The van der Waals surface area contributed by atoms with Gasteiger partial charge in [-0.3, -0.25) is 4.79 Å². The molecule has 0 N–H and O–H groups in total. The van der Waals surface area contributed by atoms with E-state index in [1.54, 1.807) is 0 Å². The van der Waals surface area contributed by atoms with Gasteiger partial charge in [-0.1, -0.05) is 65.9 Å². The van der Waals surface area contributed by atoms with Gasteiger partial charge in [-0.25, -0.2) is 0 Å². The van der Waals surface area contributed by atoms with Crippen LogP contribution in [0.25, 0.3) is 11.4 Å². The van der Waals surface area contributed by atoms with E-state index in [1.165, 1.54) is 17.3 Å². The van der Waals surface area contributed by atoms with E-state index < -0.39 is 5.25 Å². The summed E-state index contributed by atoms with van der Waals surface area (Å²) in [6.07, 6.45) is 0. The Balaban J connectivity index is 1.96. The fourth-order valence-electron chi connectivity index (χ4n) is 2.86. The average Bonchev–Trinajstić information content (AvgIpc) is 3.09. The van der Waals surface area contributed by atoms with E-state index in [4.69, 9.17) is 4.74 Å². The molecule has 3 aromatic rings. The summed E-state index contributed by atoms with van der Waals surface area (Å²) in [6, 6.07) is 17.8. The Labute approximate surface area is 163 Å². The second-order valence-electron chi connectivity index (χ2n) is 6.08. The topological polar surface area (TPSA) is 57.0 Å². The maximum Gasteiger partial charge on any atom is 0.324 e. The van der Waals surface area contributed by atoms with Crippen molar-refractivity contribution in [2.24, 2.45) is 0 Å². The summed E-state index contributed by atoms with van der Waals surface area (Å²) in [5.41, 5.74) is 3.08. The molecule has 1 aromatic heterocycles. The van der Waals surface area contributed by atoms with Crippen LogP contribution in [0.15, 0.2) is 59.8 Å². The van der Waals surface area contributed by atoms with Crippen LogP contribution in [0, 0.1) is 6.92 Å². The number of carbonyl (C=O) groups is 1. The van der Waals surface area contributed by atoms with Gasteiger partial charge in [0, 0.05) is 12.1 Å². The molecule has 3 rings (SSSR count). The molecule has 0 unspecified atom stereocenters. The highest BCUT2D eigenvalue weighted by Gasteiger charge is 2.26. The number of hydrogen-bond donors (Lipinski definition) is 0. The molecule has 1 heterocycles. The Morgan fingerprint density at radius 3 is 2.56 bits per heavy atom. The molecule has 0 aliphatic heterocycles. The van der Waals surface area contributed by atoms with Crippen molar-refractivity contribution in [1.29, 1.82) is 0 Å². The third kappa shape index (κ3) is 4.39. The lowest BCUT2D eigenvalue weighted by atomic mass is 10.1. The van der Waals surface area contributed by atoms with Gasteiger partial charge in [0.1, 0.15) is 5.25 Å². The van der Waals surface area contributed by atoms with E-state index in [2.05, 4.69) is 36.2 Å². The number of aryl methyl sites for hydroxylation is 1. The van der Waals surface area contributed by atoms with Crippen molar-refractivity contribution in [2.45, 2.75) is 37.7 Å². The number of carbonyl (C=O) groups excluding carboxylic acids is 1. The zero-order chi connectivity index (χ0) is 19.2. The highest BCUT2D eigenvalue weighted by atomic mass is 32.2. The molecule has 0 saturated carbocycles. The lowest BCUT2D eigenvalue weighted by Gasteiger charge is -2.16. The molecule has 0 bridgehead atoms. The zero-order valence-corrected chi connectivity index (χ0v) is 16.6. The Kier molecular flexibility index (Phi) is 6.29. The fraction of sp³-hybridized carbons (Fsp3) is 0.286. The average molecular weight is 382 g/mol. The number of thioether (sulfide) groups is 1. The van der Waals surface area contributed by atoms with Crippen LogP contribution in [0.1, 0.15) is 30.2 Å². The first-order chi connectivity index (χ1) is 13.1. The van der Waals surface area contributed by atoms with Gasteiger partial charge in [0.25, 0.3) is 0 Å². The van der Waals surface area contributed by atoms with Crippen LogP contribution in [0.3, 0.4) is 0 Å². The molecule has 1 atom stereocenters. The first-order valence-corrected chi connectivity index (χ1v) is 9.90. The molecule has 0 amide bonds. The Morgan fingerprint density at radius 2 is 1.89 bits per heavy atom. The maximum absolute atomic E-state index is 12.6. The molecule has 6 heteroatoms. The lowest BCUT2D eigenvalue weighted by molar-refractivity contribution is -0.142. The maximum atomic E-state index is 12.6. The summed E-state index contributed by atoms with van der Waals surface area (Å²) >= 11 is 1.38. The molecule has 0 spiro atoms. The van der Waals surface area contributed by atoms with Crippen LogP contribution in [0.2, 0.25) is 0 Å². The minimum Gasteiger partial charge on any atom is -0.465 e.